The molecule has 2 aromatic carbocycles. The van der Waals surface area contributed by atoms with Crippen molar-refractivity contribution in [2.45, 2.75) is 12.8 Å². The standard InChI is InChI=1S/C22H16N4O2S/c27-21(28)19-9-4-8-16(23-19)14-5-3-6-15-13(14)11-12-17(15)25-26-22-24-18-7-1-2-10-20(18)29-22/h1-10H,11-12H2,(H,24,26)(H,27,28)/b25-17+. The Morgan fingerprint density at radius 3 is 2.66 bits per heavy atom. The summed E-state index contributed by atoms with van der Waals surface area (Å²) in [5, 5.41) is 14.6. The molecule has 6 nitrogen and oxygen atoms in total. The number of thiazole rings is 1. The highest BCUT2D eigenvalue weighted by atomic mass is 32.1. The Morgan fingerprint density at radius 2 is 1.79 bits per heavy atom. The number of hydrazone groups is 1. The van der Waals surface area contributed by atoms with E-state index in [9.17, 15) is 9.90 Å². The molecule has 2 N–H and O–H groups in total. The van der Waals surface area contributed by atoms with Crippen molar-refractivity contribution in [3.63, 3.8) is 0 Å². The van der Waals surface area contributed by atoms with Crippen molar-refractivity contribution in [2.24, 2.45) is 5.10 Å². The molecule has 0 bridgehead atoms. The van der Waals surface area contributed by atoms with Crippen LogP contribution in [-0.2, 0) is 6.42 Å². The second-order valence-corrected chi connectivity index (χ2v) is 7.73. The summed E-state index contributed by atoms with van der Waals surface area (Å²) in [7, 11) is 0. The first-order valence-electron chi connectivity index (χ1n) is 9.20. The molecule has 0 atom stereocenters. The number of carboxylic acid groups (broad SMARTS) is 1. The van der Waals surface area contributed by atoms with Gasteiger partial charge < -0.3 is 5.11 Å². The molecule has 1 aliphatic carbocycles. The number of fused-ring (bicyclic) bond motifs is 2. The lowest BCUT2D eigenvalue weighted by molar-refractivity contribution is 0.0690. The summed E-state index contributed by atoms with van der Waals surface area (Å²) >= 11 is 1.57. The van der Waals surface area contributed by atoms with E-state index in [1.54, 1.807) is 17.4 Å². The van der Waals surface area contributed by atoms with Crippen LogP contribution in [0.1, 0.15) is 28.0 Å². The van der Waals surface area contributed by atoms with Crippen LogP contribution in [0.4, 0.5) is 5.13 Å². The quantitative estimate of drug-likeness (QED) is 0.480. The number of nitrogens with zero attached hydrogens (tertiary/aromatic N) is 3. The second-order valence-electron chi connectivity index (χ2n) is 6.70. The number of nitrogens with one attached hydrogen (secondary N) is 1. The Balaban J connectivity index is 1.47. The average molecular weight is 400 g/mol. The summed E-state index contributed by atoms with van der Waals surface area (Å²) in [5.74, 6) is -1.03. The highest BCUT2D eigenvalue weighted by molar-refractivity contribution is 7.22. The van der Waals surface area contributed by atoms with Crippen LogP contribution in [0.5, 0.6) is 0 Å². The first-order chi connectivity index (χ1) is 14.2. The highest BCUT2D eigenvalue weighted by Gasteiger charge is 2.22. The third-order valence-corrected chi connectivity index (χ3v) is 5.86. The van der Waals surface area contributed by atoms with Gasteiger partial charge in [0, 0.05) is 11.1 Å². The minimum atomic E-state index is -1.03. The molecular formula is C22H16N4O2S. The van der Waals surface area contributed by atoms with E-state index in [-0.39, 0.29) is 5.69 Å². The molecule has 0 unspecified atom stereocenters. The van der Waals surface area contributed by atoms with E-state index in [4.69, 9.17) is 0 Å². The maximum absolute atomic E-state index is 11.3. The van der Waals surface area contributed by atoms with Gasteiger partial charge in [-0.2, -0.15) is 5.10 Å². The molecule has 1 aliphatic rings. The van der Waals surface area contributed by atoms with E-state index in [0.717, 1.165) is 50.6 Å². The molecule has 0 spiro atoms. The van der Waals surface area contributed by atoms with Gasteiger partial charge >= 0.3 is 5.97 Å². The molecular weight excluding hydrogens is 384 g/mol. The molecule has 29 heavy (non-hydrogen) atoms. The van der Waals surface area contributed by atoms with Crippen LogP contribution in [0.25, 0.3) is 21.5 Å². The van der Waals surface area contributed by atoms with Crippen molar-refractivity contribution in [3.8, 4) is 11.3 Å². The van der Waals surface area contributed by atoms with Crippen LogP contribution in [0.15, 0.2) is 65.8 Å². The van der Waals surface area contributed by atoms with Crippen LogP contribution < -0.4 is 5.43 Å². The number of hydrogen-bond acceptors (Lipinski definition) is 6. The van der Waals surface area contributed by atoms with Crippen molar-refractivity contribution in [2.75, 3.05) is 5.43 Å². The number of carbonyl (C=O) groups is 1. The predicted molar refractivity (Wildman–Crippen MR) is 115 cm³/mol. The lowest BCUT2D eigenvalue weighted by Gasteiger charge is -2.08. The molecule has 0 aliphatic heterocycles. The number of para-hydroxylation sites is 1. The SMILES string of the molecule is O=C(O)c1cccc(-c2cccc3c2CC/C3=N\Nc2nc3ccccc3s2)n1. The van der Waals surface area contributed by atoms with Crippen LogP contribution in [0.3, 0.4) is 0 Å². The molecule has 2 heterocycles. The molecule has 0 saturated heterocycles. The summed E-state index contributed by atoms with van der Waals surface area (Å²) in [4.78, 5) is 20.1. The smallest absolute Gasteiger partial charge is 0.354 e. The Hall–Kier alpha value is -3.58. The van der Waals surface area contributed by atoms with Gasteiger partial charge in [-0.3, -0.25) is 5.43 Å². The normalized spacial score (nSPS) is 14.3. The number of aromatic nitrogens is 2. The Morgan fingerprint density at radius 1 is 0.966 bits per heavy atom. The van der Waals surface area contributed by atoms with Crippen LogP contribution in [0, 0.1) is 0 Å². The van der Waals surface area contributed by atoms with Gasteiger partial charge in [-0.15, -0.1) is 0 Å². The van der Waals surface area contributed by atoms with Crippen molar-refractivity contribution in [1.82, 2.24) is 9.97 Å². The highest BCUT2D eigenvalue weighted by Crippen LogP contribution is 2.32. The van der Waals surface area contributed by atoms with E-state index >= 15 is 0 Å². The largest absolute Gasteiger partial charge is 0.477 e. The summed E-state index contributed by atoms with van der Waals surface area (Å²) in [6.07, 6.45) is 1.65. The van der Waals surface area contributed by atoms with Crippen molar-refractivity contribution < 1.29 is 9.90 Å². The number of hydrogen-bond donors (Lipinski definition) is 2. The second kappa shape index (κ2) is 7.10. The first kappa shape index (κ1) is 17.5. The van der Waals surface area contributed by atoms with Crippen LogP contribution >= 0.6 is 11.3 Å². The summed E-state index contributed by atoms with van der Waals surface area (Å²) in [6.45, 7) is 0. The van der Waals surface area contributed by atoms with Crippen LogP contribution in [0.2, 0.25) is 0 Å². The van der Waals surface area contributed by atoms with Gasteiger partial charge in [-0.1, -0.05) is 47.7 Å². The number of aromatic carboxylic acids is 1. The molecule has 2 aromatic heterocycles. The minimum Gasteiger partial charge on any atom is -0.477 e. The Labute approximate surface area is 170 Å². The zero-order valence-corrected chi connectivity index (χ0v) is 16.1. The van der Waals surface area contributed by atoms with E-state index in [1.807, 2.05) is 48.5 Å². The Kier molecular flexibility index (Phi) is 4.29. The fourth-order valence-electron chi connectivity index (χ4n) is 3.60. The molecule has 5 rings (SSSR count). The number of benzene rings is 2. The summed E-state index contributed by atoms with van der Waals surface area (Å²) in [5.41, 5.74) is 8.91. The van der Waals surface area contributed by atoms with Gasteiger partial charge in [0.2, 0.25) is 5.13 Å². The fourth-order valence-corrected chi connectivity index (χ4v) is 4.41. The topological polar surface area (TPSA) is 87.5 Å². The predicted octanol–water partition coefficient (Wildman–Crippen LogP) is 4.82. The third-order valence-electron chi connectivity index (χ3n) is 4.92. The van der Waals surface area contributed by atoms with Crippen LogP contribution in [-0.4, -0.2) is 26.8 Å². The fraction of sp³-hybridized carbons (Fsp3) is 0.0909. The molecule has 142 valence electrons. The minimum absolute atomic E-state index is 0.0458. The first-order valence-corrected chi connectivity index (χ1v) is 10.0. The number of anilines is 1. The lowest BCUT2D eigenvalue weighted by atomic mass is 10.00. The van der Waals surface area contributed by atoms with Gasteiger partial charge in [0.1, 0.15) is 5.69 Å². The van der Waals surface area contributed by atoms with E-state index < -0.39 is 5.97 Å². The molecule has 0 saturated carbocycles. The van der Waals surface area contributed by atoms with Gasteiger partial charge in [0.05, 0.1) is 21.6 Å². The maximum atomic E-state index is 11.3. The molecule has 0 fully saturated rings. The third kappa shape index (κ3) is 3.25. The number of rotatable bonds is 4. The summed E-state index contributed by atoms with van der Waals surface area (Å²) in [6, 6.07) is 19.1. The van der Waals surface area contributed by atoms with Gasteiger partial charge in [0.15, 0.2) is 0 Å². The van der Waals surface area contributed by atoms with Crippen molar-refractivity contribution in [1.29, 1.82) is 0 Å². The maximum Gasteiger partial charge on any atom is 0.354 e. The van der Waals surface area contributed by atoms with Gasteiger partial charge in [0.25, 0.3) is 0 Å². The number of pyridine rings is 1. The van der Waals surface area contributed by atoms with Gasteiger partial charge in [-0.25, -0.2) is 14.8 Å². The van der Waals surface area contributed by atoms with E-state index in [2.05, 4.69) is 20.5 Å². The van der Waals surface area contributed by atoms with E-state index in [0.29, 0.717) is 5.69 Å². The molecule has 7 heteroatoms. The molecule has 0 amide bonds. The molecule has 4 aromatic rings. The van der Waals surface area contributed by atoms with Crippen molar-refractivity contribution in [3.05, 3.63) is 77.5 Å². The summed E-state index contributed by atoms with van der Waals surface area (Å²) < 4.78 is 1.12. The zero-order valence-electron chi connectivity index (χ0n) is 15.3. The average Bonchev–Trinajstić information content (AvgIpc) is 3.35. The number of carboxylic acids is 1. The monoisotopic (exact) mass is 400 g/mol. The van der Waals surface area contributed by atoms with Gasteiger partial charge in [-0.05, 0) is 42.7 Å². The zero-order chi connectivity index (χ0) is 19.8. The molecule has 0 radical (unpaired) electrons. The van der Waals surface area contributed by atoms with E-state index in [1.165, 1.54) is 6.07 Å². The van der Waals surface area contributed by atoms with Crippen molar-refractivity contribution >= 4 is 38.4 Å². The Bertz CT molecular complexity index is 1250. The lowest BCUT2D eigenvalue weighted by Crippen LogP contribution is -2.02.